The van der Waals surface area contributed by atoms with Crippen molar-refractivity contribution in [3.8, 4) is 0 Å². The second kappa shape index (κ2) is 5.69. The van der Waals surface area contributed by atoms with Crippen LogP contribution in [0.25, 0.3) is 0 Å². The van der Waals surface area contributed by atoms with Gasteiger partial charge >= 0.3 is 0 Å². The van der Waals surface area contributed by atoms with Gasteiger partial charge in [-0.25, -0.2) is 0 Å². The van der Waals surface area contributed by atoms with Gasteiger partial charge < -0.3 is 9.47 Å². The van der Waals surface area contributed by atoms with Gasteiger partial charge in [-0.15, -0.1) is 0 Å². The van der Waals surface area contributed by atoms with Gasteiger partial charge in [-0.05, 0) is 48.2 Å². The zero-order valence-corrected chi connectivity index (χ0v) is 12.0. The van der Waals surface area contributed by atoms with Gasteiger partial charge in [0.25, 0.3) is 5.56 Å². The predicted octanol–water partition coefficient (Wildman–Crippen LogP) is 2.01. The molecular formula is C13H17BrN2O2. The number of rotatable bonds is 2. The van der Waals surface area contributed by atoms with E-state index in [0.29, 0.717) is 0 Å². The van der Waals surface area contributed by atoms with E-state index in [-0.39, 0.29) is 24.1 Å². The van der Waals surface area contributed by atoms with Crippen LogP contribution in [-0.2, 0) is 11.3 Å². The summed E-state index contributed by atoms with van der Waals surface area (Å²) in [5.74, 6) is 0.0300. The van der Waals surface area contributed by atoms with Gasteiger partial charge in [0.1, 0.15) is 6.54 Å². The van der Waals surface area contributed by atoms with Crippen LogP contribution in [0.3, 0.4) is 0 Å². The third-order valence-electron chi connectivity index (χ3n) is 3.38. The highest BCUT2D eigenvalue weighted by Crippen LogP contribution is 2.16. The van der Waals surface area contributed by atoms with Crippen molar-refractivity contribution in [3.63, 3.8) is 0 Å². The molecule has 0 saturated carbocycles. The van der Waals surface area contributed by atoms with Crippen LogP contribution in [0.2, 0.25) is 0 Å². The van der Waals surface area contributed by atoms with E-state index in [1.165, 1.54) is 17.1 Å². The molecule has 2 heterocycles. The number of carbonyl (C=O) groups excluding carboxylic acids is 1. The van der Waals surface area contributed by atoms with Crippen LogP contribution in [0, 0.1) is 0 Å². The number of likely N-dealkylation sites (tertiary alicyclic amines) is 1. The summed E-state index contributed by atoms with van der Waals surface area (Å²) in [6, 6.07) is 3.44. The molecule has 0 aromatic carbocycles. The molecule has 2 rings (SSSR count). The number of hydrogen-bond donors (Lipinski definition) is 0. The fourth-order valence-corrected chi connectivity index (χ4v) is 2.71. The fourth-order valence-electron chi connectivity index (χ4n) is 2.33. The van der Waals surface area contributed by atoms with Crippen molar-refractivity contribution >= 4 is 21.8 Å². The molecule has 98 valence electrons. The first-order valence-corrected chi connectivity index (χ1v) is 7.02. The Hall–Kier alpha value is -1.10. The molecule has 1 aromatic rings. The number of aromatic nitrogens is 1. The summed E-state index contributed by atoms with van der Waals surface area (Å²) in [6.45, 7) is 3.01. The summed E-state index contributed by atoms with van der Waals surface area (Å²) in [4.78, 5) is 25.7. The zero-order chi connectivity index (χ0) is 13.1. The molecule has 1 aromatic heterocycles. The molecular weight excluding hydrogens is 296 g/mol. The monoisotopic (exact) mass is 312 g/mol. The van der Waals surface area contributed by atoms with Gasteiger partial charge in [0.2, 0.25) is 5.91 Å². The normalized spacial score (nSPS) is 19.9. The summed E-state index contributed by atoms with van der Waals surface area (Å²) >= 11 is 3.31. The van der Waals surface area contributed by atoms with E-state index < -0.39 is 0 Å². The minimum absolute atomic E-state index is 0.0300. The van der Waals surface area contributed by atoms with Crippen LogP contribution in [0.15, 0.2) is 27.6 Å². The number of halogens is 1. The SMILES string of the molecule is CC1CCCCN1C(=O)Cn1cc(Br)ccc1=O. The Bertz CT molecular complexity index is 498. The Morgan fingerprint density at radius 1 is 1.44 bits per heavy atom. The van der Waals surface area contributed by atoms with E-state index >= 15 is 0 Å². The molecule has 1 saturated heterocycles. The maximum absolute atomic E-state index is 12.2. The second-order valence-corrected chi connectivity index (χ2v) is 5.66. The molecule has 1 fully saturated rings. The number of amides is 1. The Morgan fingerprint density at radius 3 is 2.94 bits per heavy atom. The van der Waals surface area contributed by atoms with Crippen LogP contribution >= 0.6 is 15.9 Å². The molecule has 1 amide bonds. The molecule has 1 atom stereocenters. The number of carbonyl (C=O) groups is 1. The van der Waals surface area contributed by atoms with E-state index in [9.17, 15) is 9.59 Å². The first-order chi connectivity index (χ1) is 8.58. The van der Waals surface area contributed by atoms with Crippen LogP contribution in [0.4, 0.5) is 0 Å². The number of hydrogen-bond acceptors (Lipinski definition) is 2. The molecule has 0 aliphatic carbocycles. The van der Waals surface area contributed by atoms with Crippen molar-refractivity contribution in [3.05, 3.63) is 33.2 Å². The average Bonchev–Trinajstić information content (AvgIpc) is 2.34. The Labute approximate surface area is 115 Å². The lowest BCUT2D eigenvalue weighted by Gasteiger charge is -2.33. The topological polar surface area (TPSA) is 42.3 Å². The van der Waals surface area contributed by atoms with Crippen molar-refractivity contribution in [2.75, 3.05) is 6.54 Å². The molecule has 1 unspecified atom stereocenters. The van der Waals surface area contributed by atoms with Crippen LogP contribution < -0.4 is 5.56 Å². The van der Waals surface area contributed by atoms with Crippen molar-refractivity contribution in [1.29, 1.82) is 0 Å². The highest BCUT2D eigenvalue weighted by Gasteiger charge is 2.23. The van der Waals surface area contributed by atoms with Crippen molar-refractivity contribution in [2.24, 2.45) is 0 Å². The highest BCUT2D eigenvalue weighted by atomic mass is 79.9. The second-order valence-electron chi connectivity index (χ2n) is 4.75. The van der Waals surface area contributed by atoms with Crippen molar-refractivity contribution < 1.29 is 4.79 Å². The Balaban J connectivity index is 2.11. The van der Waals surface area contributed by atoms with E-state index in [2.05, 4.69) is 22.9 Å². The fraction of sp³-hybridized carbons (Fsp3) is 0.538. The third-order valence-corrected chi connectivity index (χ3v) is 3.85. The molecule has 0 spiro atoms. The lowest BCUT2D eigenvalue weighted by molar-refractivity contribution is -0.135. The number of nitrogens with zero attached hydrogens (tertiary/aromatic N) is 2. The smallest absolute Gasteiger partial charge is 0.251 e. The average molecular weight is 313 g/mol. The van der Waals surface area contributed by atoms with Gasteiger partial charge in [0.05, 0.1) is 0 Å². The zero-order valence-electron chi connectivity index (χ0n) is 10.4. The number of piperidine rings is 1. The van der Waals surface area contributed by atoms with E-state index in [1.807, 2.05) is 4.90 Å². The summed E-state index contributed by atoms with van der Waals surface area (Å²) in [5, 5.41) is 0. The molecule has 1 aliphatic rings. The Morgan fingerprint density at radius 2 is 2.22 bits per heavy atom. The summed E-state index contributed by atoms with van der Waals surface area (Å²) < 4.78 is 2.26. The summed E-state index contributed by atoms with van der Waals surface area (Å²) in [6.07, 6.45) is 4.96. The Kier molecular flexibility index (Phi) is 4.22. The lowest BCUT2D eigenvalue weighted by atomic mass is 10.0. The van der Waals surface area contributed by atoms with Crippen molar-refractivity contribution in [2.45, 2.75) is 38.8 Å². The molecule has 1 aliphatic heterocycles. The summed E-state index contributed by atoms with van der Waals surface area (Å²) in [7, 11) is 0. The van der Waals surface area contributed by atoms with Gasteiger partial charge in [0, 0.05) is 29.3 Å². The van der Waals surface area contributed by atoms with Crippen molar-refractivity contribution in [1.82, 2.24) is 9.47 Å². The van der Waals surface area contributed by atoms with Crippen LogP contribution in [0.5, 0.6) is 0 Å². The molecule has 0 radical (unpaired) electrons. The largest absolute Gasteiger partial charge is 0.338 e. The number of pyridine rings is 1. The van der Waals surface area contributed by atoms with E-state index in [4.69, 9.17) is 0 Å². The minimum Gasteiger partial charge on any atom is -0.338 e. The quantitative estimate of drug-likeness (QED) is 0.838. The van der Waals surface area contributed by atoms with Gasteiger partial charge in [0.15, 0.2) is 0 Å². The molecule has 0 N–H and O–H groups in total. The summed E-state index contributed by atoms with van der Waals surface area (Å²) in [5.41, 5.74) is -0.142. The van der Waals surface area contributed by atoms with Gasteiger partial charge in [-0.3, -0.25) is 9.59 Å². The first kappa shape index (κ1) is 13.3. The van der Waals surface area contributed by atoms with E-state index in [0.717, 1.165) is 23.9 Å². The maximum Gasteiger partial charge on any atom is 0.251 e. The highest BCUT2D eigenvalue weighted by molar-refractivity contribution is 9.10. The molecule has 0 bridgehead atoms. The standard InChI is InChI=1S/C13H17BrN2O2/c1-10-4-2-3-7-16(10)13(18)9-15-8-11(14)5-6-12(15)17/h5-6,8,10H,2-4,7,9H2,1H3. The molecule has 4 nitrogen and oxygen atoms in total. The van der Waals surface area contributed by atoms with Crippen LogP contribution in [0.1, 0.15) is 26.2 Å². The van der Waals surface area contributed by atoms with Crippen LogP contribution in [-0.4, -0.2) is 28.0 Å². The molecule has 18 heavy (non-hydrogen) atoms. The van der Waals surface area contributed by atoms with Gasteiger partial charge in [-0.1, -0.05) is 0 Å². The minimum atomic E-state index is -0.142. The third kappa shape index (κ3) is 3.02. The maximum atomic E-state index is 12.2. The lowest BCUT2D eigenvalue weighted by Crippen LogP contribution is -2.44. The van der Waals surface area contributed by atoms with Gasteiger partial charge in [-0.2, -0.15) is 0 Å². The molecule has 5 heteroatoms. The predicted molar refractivity (Wildman–Crippen MR) is 73.4 cm³/mol. The first-order valence-electron chi connectivity index (χ1n) is 6.23. The van der Waals surface area contributed by atoms with E-state index in [1.54, 1.807) is 12.3 Å².